The van der Waals surface area contributed by atoms with Crippen molar-refractivity contribution in [3.63, 3.8) is 0 Å². The molecule has 3 rings (SSSR count). The SMILES string of the molecule is Cc1cc(NC(=O)CN2CCS(=O)(=O)CC2)n(-c2ccc(F)cc2)n1. The van der Waals surface area contributed by atoms with E-state index in [2.05, 4.69) is 10.4 Å². The van der Waals surface area contributed by atoms with Crippen LogP contribution in [-0.4, -0.2) is 60.1 Å². The zero-order valence-electron chi connectivity index (χ0n) is 13.8. The molecule has 0 bridgehead atoms. The van der Waals surface area contributed by atoms with E-state index in [9.17, 15) is 17.6 Å². The summed E-state index contributed by atoms with van der Waals surface area (Å²) in [6.45, 7) is 2.62. The molecule has 1 N–H and O–H groups in total. The van der Waals surface area contributed by atoms with E-state index in [0.717, 1.165) is 0 Å². The van der Waals surface area contributed by atoms with Gasteiger partial charge in [-0.15, -0.1) is 0 Å². The summed E-state index contributed by atoms with van der Waals surface area (Å²) in [6.07, 6.45) is 0. The molecule has 1 aliphatic rings. The van der Waals surface area contributed by atoms with Gasteiger partial charge in [0.25, 0.3) is 0 Å². The van der Waals surface area contributed by atoms with E-state index in [4.69, 9.17) is 0 Å². The fourth-order valence-corrected chi connectivity index (χ4v) is 3.94. The summed E-state index contributed by atoms with van der Waals surface area (Å²) in [7, 11) is -2.97. The second-order valence-electron chi connectivity index (χ2n) is 6.04. The van der Waals surface area contributed by atoms with Gasteiger partial charge in [0.2, 0.25) is 5.91 Å². The highest BCUT2D eigenvalue weighted by Crippen LogP contribution is 2.17. The molecule has 1 aromatic carbocycles. The number of hydrogen-bond donors (Lipinski definition) is 1. The van der Waals surface area contributed by atoms with Crippen molar-refractivity contribution in [1.82, 2.24) is 14.7 Å². The van der Waals surface area contributed by atoms with Gasteiger partial charge in [-0.25, -0.2) is 17.5 Å². The lowest BCUT2D eigenvalue weighted by Crippen LogP contribution is -2.44. The first-order chi connectivity index (χ1) is 11.8. The number of sulfone groups is 1. The quantitative estimate of drug-likeness (QED) is 0.872. The van der Waals surface area contributed by atoms with E-state index in [1.165, 1.54) is 16.8 Å². The van der Waals surface area contributed by atoms with Gasteiger partial charge in [-0.2, -0.15) is 5.10 Å². The van der Waals surface area contributed by atoms with Gasteiger partial charge in [-0.3, -0.25) is 9.69 Å². The molecular weight excluding hydrogens is 347 g/mol. The van der Waals surface area contributed by atoms with Crippen LogP contribution in [0.5, 0.6) is 0 Å². The van der Waals surface area contributed by atoms with Gasteiger partial charge in [0, 0.05) is 19.2 Å². The molecule has 0 atom stereocenters. The highest BCUT2D eigenvalue weighted by atomic mass is 32.2. The van der Waals surface area contributed by atoms with E-state index >= 15 is 0 Å². The molecule has 0 saturated carbocycles. The van der Waals surface area contributed by atoms with Crippen molar-refractivity contribution in [2.75, 3.05) is 36.5 Å². The topological polar surface area (TPSA) is 84.3 Å². The lowest BCUT2D eigenvalue weighted by molar-refractivity contribution is -0.117. The summed E-state index contributed by atoms with van der Waals surface area (Å²) in [6, 6.07) is 7.53. The normalized spacial score (nSPS) is 17.4. The number of hydrogen-bond acceptors (Lipinski definition) is 5. The minimum absolute atomic E-state index is 0.0763. The van der Waals surface area contributed by atoms with Crippen LogP contribution in [0.25, 0.3) is 5.69 Å². The van der Waals surface area contributed by atoms with Crippen LogP contribution < -0.4 is 5.32 Å². The molecule has 0 unspecified atom stereocenters. The average molecular weight is 366 g/mol. The Morgan fingerprint density at radius 1 is 1.24 bits per heavy atom. The molecule has 2 aromatic rings. The second-order valence-corrected chi connectivity index (χ2v) is 8.34. The van der Waals surface area contributed by atoms with Gasteiger partial charge in [0.1, 0.15) is 11.6 Å². The number of carbonyl (C=O) groups excluding carboxylic acids is 1. The van der Waals surface area contributed by atoms with E-state index in [0.29, 0.717) is 30.3 Å². The highest BCUT2D eigenvalue weighted by Gasteiger charge is 2.23. The Morgan fingerprint density at radius 2 is 1.88 bits per heavy atom. The van der Waals surface area contributed by atoms with Crippen molar-refractivity contribution in [2.24, 2.45) is 0 Å². The standard InChI is InChI=1S/C16H19FN4O3S/c1-12-10-15(21(19-12)14-4-2-13(17)3-5-14)18-16(22)11-20-6-8-25(23,24)9-7-20/h2-5,10H,6-9,11H2,1H3,(H,18,22). The van der Waals surface area contributed by atoms with Gasteiger partial charge in [-0.1, -0.05) is 0 Å². The first-order valence-electron chi connectivity index (χ1n) is 7.88. The second kappa shape index (κ2) is 6.93. The maximum absolute atomic E-state index is 13.1. The fourth-order valence-electron chi connectivity index (χ4n) is 2.66. The molecule has 1 aromatic heterocycles. The molecular formula is C16H19FN4O3S. The number of amides is 1. The summed E-state index contributed by atoms with van der Waals surface area (Å²) in [4.78, 5) is 14.1. The third-order valence-electron chi connectivity index (χ3n) is 3.97. The van der Waals surface area contributed by atoms with Crippen molar-refractivity contribution in [3.8, 4) is 5.69 Å². The Bertz CT molecular complexity index is 863. The minimum atomic E-state index is -2.97. The number of anilines is 1. The number of carbonyl (C=O) groups is 1. The number of benzene rings is 1. The van der Waals surface area contributed by atoms with Crippen LogP contribution in [0.1, 0.15) is 5.69 Å². The van der Waals surface area contributed by atoms with Crippen molar-refractivity contribution in [3.05, 3.63) is 41.8 Å². The maximum atomic E-state index is 13.1. The van der Waals surface area contributed by atoms with Crippen LogP contribution in [-0.2, 0) is 14.6 Å². The highest BCUT2D eigenvalue weighted by molar-refractivity contribution is 7.91. The Hall–Kier alpha value is -2.26. The largest absolute Gasteiger partial charge is 0.309 e. The molecule has 0 spiro atoms. The lowest BCUT2D eigenvalue weighted by atomic mass is 10.3. The van der Waals surface area contributed by atoms with Crippen molar-refractivity contribution < 1.29 is 17.6 Å². The first-order valence-corrected chi connectivity index (χ1v) is 9.70. The Labute approximate surface area is 145 Å². The molecule has 2 heterocycles. The molecule has 1 aliphatic heterocycles. The monoisotopic (exact) mass is 366 g/mol. The van der Waals surface area contributed by atoms with E-state index in [1.807, 2.05) is 4.90 Å². The van der Waals surface area contributed by atoms with Crippen LogP contribution in [0, 0.1) is 12.7 Å². The van der Waals surface area contributed by atoms with Crippen molar-refractivity contribution in [2.45, 2.75) is 6.92 Å². The Kier molecular flexibility index (Phi) is 4.87. The number of aromatic nitrogens is 2. The molecule has 9 heteroatoms. The molecule has 1 amide bonds. The van der Waals surface area contributed by atoms with Crippen LogP contribution in [0.2, 0.25) is 0 Å². The van der Waals surface area contributed by atoms with Crippen LogP contribution in [0.4, 0.5) is 10.2 Å². The molecule has 0 aliphatic carbocycles. The summed E-state index contributed by atoms with van der Waals surface area (Å²) < 4.78 is 37.5. The number of nitrogens with one attached hydrogen (secondary N) is 1. The summed E-state index contributed by atoms with van der Waals surface area (Å²) >= 11 is 0. The van der Waals surface area contributed by atoms with Gasteiger partial charge in [0.15, 0.2) is 9.84 Å². The molecule has 25 heavy (non-hydrogen) atoms. The van der Waals surface area contributed by atoms with Crippen molar-refractivity contribution in [1.29, 1.82) is 0 Å². The fraction of sp³-hybridized carbons (Fsp3) is 0.375. The lowest BCUT2D eigenvalue weighted by Gasteiger charge is -2.25. The summed E-state index contributed by atoms with van der Waals surface area (Å²) in [5.41, 5.74) is 1.34. The number of nitrogens with zero attached hydrogens (tertiary/aromatic N) is 3. The van der Waals surface area contributed by atoms with E-state index < -0.39 is 9.84 Å². The molecule has 7 nitrogen and oxygen atoms in total. The zero-order chi connectivity index (χ0) is 18.0. The Morgan fingerprint density at radius 3 is 2.52 bits per heavy atom. The first kappa shape index (κ1) is 17.6. The van der Waals surface area contributed by atoms with Gasteiger partial charge in [0.05, 0.1) is 29.4 Å². The van der Waals surface area contributed by atoms with Gasteiger partial charge in [-0.05, 0) is 31.2 Å². The summed E-state index contributed by atoms with van der Waals surface area (Å²) in [5.74, 6) is 0.0411. The third kappa shape index (κ3) is 4.43. The van der Waals surface area contributed by atoms with Crippen LogP contribution in [0.15, 0.2) is 30.3 Å². The number of aryl methyl sites for hydroxylation is 1. The molecule has 1 saturated heterocycles. The summed E-state index contributed by atoms with van der Waals surface area (Å²) in [5, 5.41) is 7.11. The predicted octanol–water partition coefficient (Wildman–Crippen LogP) is 0.989. The van der Waals surface area contributed by atoms with Crippen LogP contribution >= 0.6 is 0 Å². The zero-order valence-corrected chi connectivity index (χ0v) is 14.6. The van der Waals surface area contributed by atoms with Gasteiger partial charge < -0.3 is 5.32 Å². The molecule has 1 fully saturated rings. The predicted molar refractivity (Wildman–Crippen MR) is 92.0 cm³/mol. The average Bonchev–Trinajstić information content (AvgIpc) is 2.90. The maximum Gasteiger partial charge on any atom is 0.239 e. The van der Waals surface area contributed by atoms with E-state index in [1.54, 1.807) is 25.1 Å². The molecule has 134 valence electrons. The minimum Gasteiger partial charge on any atom is -0.309 e. The Balaban J connectivity index is 1.68. The number of rotatable bonds is 4. The third-order valence-corrected chi connectivity index (χ3v) is 5.58. The van der Waals surface area contributed by atoms with E-state index in [-0.39, 0.29) is 29.8 Å². The van der Waals surface area contributed by atoms with Crippen molar-refractivity contribution >= 4 is 21.6 Å². The smallest absolute Gasteiger partial charge is 0.239 e. The van der Waals surface area contributed by atoms with Gasteiger partial charge >= 0.3 is 0 Å². The van der Waals surface area contributed by atoms with Crippen LogP contribution in [0.3, 0.4) is 0 Å². The number of halogens is 1. The molecule has 0 radical (unpaired) electrons.